The molecular formula is C83H162O17P2. The minimum absolute atomic E-state index is 0.106. The minimum atomic E-state index is -4.96. The summed E-state index contributed by atoms with van der Waals surface area (Å²) >= 11 is 0. The number of hydrogen-bond donors (Lipinski definition) is 3. The minimum Gasteiger partial charge on any atom is -0.462 e. The first kappa shape index (κ1) is 100. The van der Waals surface area contributed by atoms with Gasteiger partial charge in [0.1, 0.15) is 19.3 Å². The summed E-state index contributed by atoms with van der Waals surface area (Å²) in [5, 5.41) is 10.6. The number of ether oxygens (including phenoxy) is 4. The third kappa shape index (κ3) is 76.3. The van der Waals surface area contributed by atoms with Gasteiger partial charge in [0.2, 0.25) is 0 Å². The van der Waals surface area contributed by atoms with E-state index in [0.29, 0.717) is 25.7 Å². The van der Waals surface area contributed by atoms with Crippen LogP contribution >= 0.6 is 15.6 Å². The molecule has 5 atom stereocenters. The molecule has 0 aromatic carbocycles. The van der Waals surface area contributed by atoms with E-state index in [9.17, 15) is 43.2 Å². The Kier molecular flexibility index (Phi) is 71.8. The second-order valence-electron chi connectivity index (χ2n) is 31.3. The second-order valence-corrected chi connectivity index (χ2v) is 34.2. The summed E-state index contributed by atoms with van der Waals surface area (Å²) in [5.74, 6) is 0.275. The molecule has 0 bridgehead atoms. The monoisotopic (exact) mass is 1490 g/mol. The van der Waals surface area contributed by atoms with Crippen LogP contribution in [-0.2, 0) is 65.4 Å². The first-order valence-electron chi connectivity index (χ1n) is 42.8. The maximum absolute atomic E-state index is 13.1. The number of phosphoric ester groups is 2. The van der Waals surface area contributed by atoms with E-state index in [-0.39, 0.29) is 25.7 Å². The standard InChI is InChI=1S/C83H162O17P2/c1-8-9-10-11-12-33-43-50-57-64-80(85)93-70-78(100-83(88)67-60-53-46-39-32-31-36-42-49-56-63-76(6)7)72-97-101(89,90)95-68-77(84)69-96-102(91,92)98-73-79(71-94-81(86)65-58-51-44-37-29-25-21-18-17-20-24-28-35-41-48-55-62-75(4)5)99-82(87)66-59-52-45-38-30-26-22-16-14-13-15-19-23-27-34-40-47-54-61-74(2)3/h74-79,84H,8-73H2,1-7H3,(H,89,90)(H,91,92)/t77-,78+,79+/m0/s1. The summed E-state index contributed by atoms with van der Waals surface area (Å²) in [7, 11) is -9.92. The van der Waals surface area contributed by atoms with Crippen LogP contribution in [0.1, 0.15) is 434 Å². The highest BCUT2D eigenvalue weighted by atomic mass is 31.2. The summed E-state index contributed by atoms with van der Waals surface area (Å²) in [6.45, 7) is 12.0. The van der Waals surface area contributed by atoms with E-state index in [1.54, 1.807) is 0 Å². The van der Waals surface area contributed by atoms with Crippen LogP contribution in [0.3, 0.4) is 0 Å². The fourth-order valence-electron chi connectivity index (χ4n) is 12.8. The smallest absolute Gasteiger partial charge is 0.462 e. The van der Waals surface area contributed by atoms with Gasteiger partial charge in [0, 0.05) is 25.7 Å². The fraction of sp³-hybridized carbons (Fsp3) is 0.952. The molecule has 0 rings (SSSR count). The molecule has 0 amide bonds. The highest BCUT2D eigenvalue weighted by Crippen LogP contribution is 2.45. The molecule has 17 nitrogen and oxygen atoms in total. The molecule has 2 unspecified atom stereocenters. The maximum atomic E-state index is 13.1. The maximum Gasteiger partial charge on any atom is 0.472 e. The van der Waals surface area contributed by atoms with Gasteiger partial charge < -0.3 is 33.8 Å². The van der Waals surface area contributed by atoms with Crippen LogP contribution in [0, 0.1) is 17.8 Å². The molecule has 0 aromatic rings. The van der Waals surface area contributed by atoms with E-state index in [1.165, 1.54) is 244 Å². The molecule has 0 aliphatic heterocycles. The van der Waals surface area contributed by atoms with Gasteiger partial charge in [-0.05, 0) is 43.4 Å². The van der Waals surface area contributed by atoms with Crippen LogP contribution < -0.4 is 0 Å². The van der Waals surface area contributed by atoms with E-state index in [4.69, 9.17) is 37.0 Å². The molecule has 0 fully saturated rings. The summed E-state index contributed by atoms with van der Waals surface area (Å²) in [6, 6.07) is 0. The Morgan fingerprint density at radius 2 is 0.451 bits per heavy atom. The summed E-state index contributed by atoms with van der Waals surface area (Å²) in [5.41, 5.74) is 0. The highest BCUT2D eigenvalue weighted by Gasteiger charge is 2.30. The van der Waals surface area contributed by atoms with Crippen molar-refractivity contribution in [3.63, 3.8) is 0 Å². The molecule has 0 heterocycles. The molecule has 3 N–H and O–H groups in total. The van der Waals surface area contributed by atoms with Gasteiger partial charge in [0.25, 0.3) is 0 Å². The lowest BCUT2D eigenvalue weighted by Crippen LogP contribution is -2.30. The van der Waals surface area contributed by atoms with Gasteiger partial charge in [-0.1, -0.05) is 382 Å². The molecule has 102 heavy (non-hydrogen) atoms. The molecule has 0 saturated carbocycles. The number of carbonyl (C=O) groups is 4. The summed E-state index contributed by atoms with van der Waals surface area (Å²) < 4.78 is 68.7. The van der Waals surface area contributed by atoms with Crippen molar-refractivity contribution in [3.8, 4) is 0 Å². The fourth-order valence-corrected chi connectivity index (χ4v) is 14.4. The molecule has 606 valence electrons. The lowest BCUT2D eigenvalue weighted by molar-refractivity contribution is -0.161. The number of phosphoric acid groups is 2. The first-order valence-corrected chi connectivity index (χ1v) is 45.8. The Labute approximate surface area is 626 Å². The average molecular weight is 1490 g/mol. The average Bonchev–Trinajstić information content (AvgIpc) is 0.942. The van der Waals surface area contributed by atoms with Crippen LogP contribution in [0.15, 0.2) is 0 Å². The van der Waals surface area contributed by atoms with E-state index < -0.39 is 97.5 Å². The number of esters is 4. The van der Waals surface area contributed by atoms with Crippen LogP contribution in [0.25, 0.3) is 0 Å². The molecule has 0 radical (unpaired) electrons. The number of aliphatic hydroxyl groups is 1. The zero-order valence-corrected chi connectivity index (χ0v) is 68.9. The van der Waals surface area contributed by atoms with Gasteiger partial charge >= 0.3 is 39.5 Å². The van der Waals surface area contributed by atoms with E-state index in [1.807, 2.05) is 0 Å². The molecule has 0 saturated heterocycles. The molecular weight excluding hydrogens is 1330 g/mol. The number of hydrogen-bond acceptors (Lipinski definition) is 15. The number of unbranched alkanes of at least 4 members (excludes halogenated alkanes) is 49. The molecule has 0 aromatic heterocycles. The van der Waals surface area contributed by atoms with Gasteiger partial charge in [-0.3, -0.25) is 37.3 Å². The van der Waals surface area contributed by atoms with Gasteiger partial charge in [-0.25, -0.2) is 9.13 Å². The van der Waals surface area contributed by atoms with E-state index in [2.05, 4.69) is 48.5 Å². The number of carbonyl (C=O) groups excluding carboxylic acids is 4. The zero-order chi connectivity index (χ0) is 75.1. The van der Waals surface area contributed by atoms with Crippen molar-refractivity contribution in [2.24, 2.45) is 17.8 Å². The topological polar surface area (TPSA) is 237 Å². The van der Waals surface area contributed by atoms with Crippen molar-refractivity contribution in [2.45, 2.75) is 452 Å². The molecule has 0 aliphatic rings. The van der Waals surface area contributed by atoms with Crippen molar-refractivity contribution in [2.75, 3.05) is 39.6 Å². The predicted octanol–water partition coefficient (Wildman–Crippen LogP) is 24.9. The molecule has 19 heteroatoms. The lowest BCUT2D eigenvalue weighted by Gasteiger charge is -2.21. The van der Waals surface area contributed by atoms with Gasteiger partial charge in [-0.15, -0.1) is 0 Å². The lowest BCUT2D eigenvalue weighted by atomic mass is 10.0. The Balaban J connectivity index is 5.20. The Morgan fingerprint density at radius 1 is 0.265 bits per heavy atom. The molecule has 0 spiro atoms. The Bertz CT molecular complexity index is 1970. The number of aliphatic hydroxyl groups excluding tert-OH is 1. The summed E-state index contributed by atoms with van der Waals surface area (Å²) in [6.07, 6.45) is 62.6. The van der Waals surface area contributed by atoms with Crippen molar-refractivity contribution in [1.29, 1.82) is 0 Å². The SMILES string of the molecule is CCCCCCCCCCCC(=O)OC[C@H](COP(=O)(O)OC[C@H](O)COP(=O)(O)OC[C@@H](COC(=O)CCCCCCCCCCCCCCCCCCC(C)C)OC(=O)CCCCCCCCCCCCCCCCCCCCC(C)C)OC(=O)CCCCCCCCCCCCC(C)C. The van der Waals surface area contributed by atoms with Crippen molar-refractivity contribution >= 4 is 39.5 Å². The van der Waals surface area contributed by atoms with E-state index >= 15 is 0 Å². The van der Waals surface area contributed by atoms with Gasteiger partial charge in [0.05, 0.1) is 26.4 Å². The first-order chi connectivity index (χ1) is 49.2. The zero-order valence-electron chi connectivity index (χ0n) is 67.1. The Hall–Kier alpha value is -1.94. The van der Waals surface area contributed by atoms with E-state index in [0.717, 1.165) is 108 Å². The van der Waals surface area contributed by atoms with Crippen LogP contribution in [0.5, 0.6) is 0 Å². The predicted molar refractivity (Wildman–Crippen MR) is 418 cm³/mol. The van der Waals surface area contributed by atoms with Crippen LogP contribution in [0.2, 0.25) is 0 Å². The third-order valence-electron chi connectivity index (χ3n) is 19.4. The third-order valence-corrected chi connectivity index (χ3v) is 21.3. The largest absolute Gasteiger partial charge is 0.472 e. The van der Waals surface area contributed by atoms with Gasteiger partial charge in [-0.2, -0.15) is 0 Å². The quantitative estimate of drug-likeness (QED) is 0.0222. The van der Waals surface area contributed by atoms with Crippen molar-refractivity contribution in [3.05, 3.63) is 0 Å². The highest BCUT2D eigenvalue weighted by molar-refractivity contribution is 7.47. The number of rotatable bonds is 81. The second kappa shape index (κ2) is 73.2. The van der Waals surface area contributed by atoms with Crippen molar-refractivity contribution in [1.82, 2.24) is 0 Å². The van der Waals surface area contributed by atoms with Crippen molar-refractivity contribution < 1.29 is 80.2 Å². The van der Waals surface area contributed by atoms with Crippen LogP contribution in [0.4, 0.5) is 0 Å². The van der Waals surface area contributed by atoms with Gasteiger partial charge in [0.15, 0.2) is 12.2 Å². The van der Waals surface area contributed by atoms with Crippen LogP contribution in [-0.4, -0.2) is 96.7 Å². The summed E-state index contributed by atoms with van der Waals surface area (Å²) in [4.78, 5) is 73.0. The Morgan fingerprint density at radius 3 is 0.667 bits per heavy atom. The normalized spacial score (nSPS) is 13.9. The molecule has 0 aliphatic carbocycles.